The van der Waals surface area contributed by atoms with Crippen LogP contribution in [0.25, 0.3) is 0 Å². The lowest BCUT2D eigenvalue weighted by Crippen LogP contribution is -2.40. The van der Waals surface area contributed by atoms with Gasteiger partial charge in [-0.25, -0.2) is 4.79 Å². The molecular weight excluding hydrogens is 474 g/mol. The summed E-state index contributed by atoms with van der Waals surface area (Å²) >= 11 is 0. The number of nitrogens with one attached hydrogen (secondary N) is 1. The highest BCUT2D eigenvalue weighted by atomic mass is 16.6. The van der Waals surface area contributed by atoms with Crippen molar-refractivity contribution in [3.63, 3.8) is 0 Å². The molecule has 0 spiro atoms. The van der Waals surface area contributed by atoms with Crippen molar-refractivity contribution in [2.24, 2.45) is 5.41 Å². The SMILES string of the molecule is CC(=O)OCC(/C=C/[C@H](Cc1ccccc1)NC(=O)OC(C)(C)C)(Cc1ccccc1)Cc1ccccc1. The van der Waals surface area contributed by atoms with Gasteiger partial charge < -0.3 is 14.8 Å². The van der Waals surface area contributed by atoms with Crippen LogP contribution in [0.2, 0.25) is 0 Å². The molecule has 0 saturated heterocycles. The van der Waals surface area contributed by atoms with E-state index in [-0.39, 0.29) is 18.6 Å². The van der Waals surface area contributed by atoms with Gasteiger partial charge in [-0.05, 0) is 56.7 Å². The molecule has 0 saturated carbocycles. The van der Waals surface area contributed by atoms with Crippen molar-refractivity contribution in [1.29, 1.82) is 0 Å². The topological polar surface area (TPSA) is 64.6 Å². The average Bonchev–Trinajstić information content (AvgIpc) is 2.87. The molecular formula is C33H39NO4. The summed E-state index contributed by atoms with van der Waals surface area (Å²) in [6.07, 6.45) is 5.58. The first-order valence-corrected chi connectivity index (χ1v) is 13.1. The van der Waals surface area contributed by atoms with E-state index in [2.05, 4.69) is 35.7 Å². The van der Waals surface area contributed by atoms with E-state index in [1.54, 1.807) is 0 Å². The molecule has 5 heteroatoms. The highest BCUT2D eigenvalue weighted by molar-refractivity contribution is 5.68. The van der Waals surface area contributed by atoms with E-state index in [4.69, 9.17) is 9.47 Å². The lowest BCUT2D eigenvalue weighted by atomic mass is 9.76. The Balaban J connectivity index is 1.98. The van der Waals surface area contributed by atoms with Gasteiger partial charge in [-0.3, -0.25) is 4.79 Å². The summed E-state index contributed by atoms with van der Waals surface area (Å²) in [4.78, 5) is 24.7. The fourth-order valence-electron chi connectivity index (χ4n) is 4.40. The van der Waals surface area contributed by atoms with Gasteiger partial charge in [0.1, 0.15) is 12.2 Å². The summed E-state index contributed by atoms with van der Waals surface area (Å²) in [7, 11) is 0. The number of rotatable bonds is 11. The Labute approximate surface area is 226 Å². The zero-order chi connectivity index (χ0) is 27.4. The number of amides is 1. The van der Waals surface area contributed by atoms with Crippen LogP contribution in [0, 0.1) is 5.41 Å². The number of hydrogen-bond donors (Lipinski definition) is 1. The Morgan fingerprint density at radius 1 is 0.789 bits per heavy atom. The normalized spacial score (nSPS) is 12.6. The summed E-state index contributed by atoms with van der Waals surface area (Å²) in [5.74, 6) is -0.323. The van der Waals surface area contributed by atoms with Crippen molar-refractivity contribution < 1.29 is 19.1 Å². The molecule has 3 rings (SSSR count). The molecule has 0 radical (unpaired) electrons. The van der Waals surface area contributed by atoms with Crippen molar-refractivity contribution >= 4 is 12.1 Å². The molecule has 200 valence electrons. The lowest BCUT2D eigenvalue weighted by molar-refractivity contribution is -0.143. The number of benzene rings is 3. The number of hydrogen-bond acceptors (Lipinski definition) is 4. The first-order valence-electron chi connectivity index (χ1n) is 13.1. The van der Waals surface area contributed by atoms with Gasteiger partial charge in [-0.1, -0.05) is 103 Å². The van der Waals surface area contributed by atoms with Crippen molar-refractivity contribution in [3.05, 3.63) is 120 Å². The summed E-state index contributed by atoms with van der Waals surface area (Å²) in [5, 5.41) is 3.03. The second kappa shape index (κ2) is 13.6. The molecule has 0 unspecified atom stereocenters. The first kappa shape index (κ1) is 28.7. The largest absolute Gasteiger partial charge is 0.465 e. The summed E-state index contributed by atoms with van der Waals surface area (Å²) in [6.45, 7) is 7.18. The highest BCUT2D eigenvalue weighted by Crippen LogP contribution is 2.31. The Kier molecular flexibility index (Phi) is 10.3. The van der Waals surface area contributed by atoms with Gasteiger partial charge in [-0.2, -0.15) is 0 Å². The van der Waals surface area contributed by atoms with Gasteiger partial charge >= 0.3 is 12.1 Å². The number of ether oxygens (including phenoxy) is 2. The molecule has 1 N–H and O–H groups in total. The number of esters is 1. The smallest absolute Gasteiger partial charge is 0.408 e. The van der Waals surface area contributed by atoms with Gasteiger partial charge in [0.25, 0.3) is 0 Å². The van der Waals surface area contributed by atoms with Gasteiger partial charge in [0.15, 0.2) is 0 Å². The minimum absolute atomic E-state index is 0.215. The quantitative estimate of drug-likeness (QED) is 0.229. The Bertz CT molecular complexity index is 1130. The third kappa shape index (κ3) is 10.3. The molecule has 0 aliphatic rings. The molecule has 38 heavy (non-hydrogen) atoms. The van der Waals surface area contributed by atoms with Gasteiger partial charge in [0.2, 0.25) is 0 Å². The van der Waals surface area contributed by atoms with Crippen molar-refractivity contribution in [1.82, 2.24) is 5.32 Å². The summed E-state index contributed by atoms with van der Waals surface area (Å²) in [5.41, 5.74) is 2.23. The van der Waals surface area contributed by atoms with Crippen LogP contribution in [0.1, 0.15) is 44.4 Å². The van der Waals surface area contributed by atoms with E-state index in [9.17, 15) is 9.59 Å². The van der Waals surface area contributed by atoms with Crippen LogP contribution in [0.15, 0.2) is 103 Å². The standard InChI is InChI=1S/C33H39NO4/c1-26(35)37-25-33(23-28-16-10-6-11-17-28,24-29-18-12-7-13-19-29)21-20-30(22-27-14-8-5-9-15-27)34-31(36)38-32(2,3)4/h5-21,30H,22-25H2,1-4H3,(H,34,36)/b21-20+/t30-/m1/s1. The average molecular weight is 514 g/mol. The third-order valence-electron chi connectivity index (χ3n) is 6.04. The molecule has 0 aliphatic heterocycles. The molecule has 1 atom stereocenters. The molecule has 0 aliphatic carbocycles. The van der Waals surface area contributed by atoms with E-state index >= 15 is 0 Å². The molecule has 3 aromatic carbocycles. The summed E-state index contributed by atoms with van der Waals surface area (Å²) in [6, 6.07) is 30.1. The van der Waals surface area contributed by atoms with Gasteiger partial charge in [-0.15, -0.1) is 0 Å². The second-order valence-electron chi connectivity index (χ2n) is 10.8. The zero-order valence-electron chi connectivity index (χ0n) is 22.9. The van der Waals surface area contributed by atoms with Crippen LogP contribution in [0.5, 0.6) is 0 Å². The van der Waals surface area contributed by atoms with Crippen LogP contribution < -0.4 is 5.32 Å². The van der Waals surface area contributed by atoms with E-state index in [0.717, 1.165) is 16.7 Å². The monoisotopic (exact) mass is 513 g/mol. The van der Waals surface area contributed by atoms with Crippen LogP contribution in [-0.2, 0) is 33.5 Å². The zero-order valence-corrected chi connectivity index (χ0v) is 22.9. The van der Waals surface area contributed by atoms with Gasteiger partial charge in [0.05, 0.1) is 6.04 Å². The Hall–Kier alpha value is -3.86. The summed E-state index contributed by atoms with van der Waals surface area (Å²) < 4.78 is 11.2. The maximum atomic E-state index is 12.7. The van der Waals surface area contributed by atoms with Crippen LogP contribution in [0.4, 0.5) is 4.79 Å². The number of alkyl carbamates (subject to hydrolysis) is 1. The molecule has 0 heterocycles. The third-order valence-corrected chi connectivity index (χ3v) is 6.04. The van der Waals surface area contributed by atoms with Crippen molar-refractivity contribution in [2.45, 2.75) is 58.6 Å². The van der Waals surface area contributed by atoms with E-state index < -0.39 is 17.1 Å². The van der Waals surface area contributed by atoms with Crippen molar-refractivity contribution in [3.8, 4) is 0 Å². The van der Waals surface area contributed by atoms with E-state index in [0.29, 0.717) is 19.3 Å². The fraction of sp³-hybridized carbons (Fsp3) is 0.333. The Morgan fingerprint density at radius 2 is 1.26 bits per heavy atom. The molecule has 0 fully saturated rings. The fourth-order valence-corrected chi connectivity index (χ4v) is 4.40. The van der Waals surface area contributed by atoms with E-state index in [1.165, 1.54) is 6.92 Å². The van der Waals surface area contributed by atoms with Crippen LogP contribution in [0.3, 0.4) is 0 Å². The molecule has 5 nitrogen and oxygen atoms in total. The minimum atomic E-state index is -0.606. The second-order valence-corrected chi connectivity index (χ2v) is 10.8. The highest BCUT2D eigenvalue weighted by Gasteiger charge is 2.31. The maximum Gasteiger partial charge on any atom is 0.408 e. The van der Waals surface area contributed by atoms with Crippen LogP contribution in [-0.4, -0.2) is 30.3 Å². The predicted molar refractivity (Wildman–Crippen MR) is 152 cm³/mol. The predicted octanol–water partition coefficient (Wildman–Crippen LogP) is 6.71. The first-order chi connectivity index (χ1) is 18.1. The van der Waals surface area contributed by atoms with E-state index in [1.807, 2.05) is 93.6 Å². The minimum Gasteiger partial charge on any atom is -0.465 e. The Morgan fingerprint density at radius 3 is 1.71 bits per heavy atom. The molecule has 0 aromatic heterocycles. The maximum absolute atomic E-state index is 12.7. The van der Waals surface area contributed by atoms with Gasteiger partial charge in [0, 0.05) is 12.3 Å². The van der Waals surface area contributed by atoms with Crippen LogP contribution >= 0.6 is 0 Å². The molecule has 3 aromatic rings. The lowest BCUT2D eigenvalue weighted by Gasteiger charge is -2.32. The number of carbonyl (C=O) groups excluding carboxylic acids is 2. The number of carbonyl (C=O) groups is 2. The van der Waals surface area contributed by atoms with Crippen molar-refractivity contribution in [2.75, 3.05) is 6.61 Å². The molecule has 0 bridgehead atoms. The molecule has 1 amide bonds.